The van der Waals surface area contributed by atoms with E-state index in [9.17, 15) is 4.79 Å². The fourth-order valence-electron chi connectivity index (χ4n) is 1.57. The van der Waals surface area contributed by atoms with Gasteiger partial charge < -0.3 is 10.5 Å². The molecular weight excluding hydrogens is 240 g/mol. The summed E-state index contributed by atoms with van der Waals surface area (Å²) in [4.78, 5) is 11.6. The van der Waals surface area contributed by atoms with Gasteiger partial charge >= 0.3 is 6.09 Å². The predicted molar refractivity (Wildman–Crippen MR) is 78.3 cm³/mol. The largest absolute Gasteiger partial charge is 0.444 e. The molecule has 0 aliphatic heterocycles. The molecule has 0 saturated heterocycles. The number of amides is 1. The summed E-state index contributed by atoms with van der Waals surface area (Å²) in [5.41, 5.74) is 7.19. The molecule has 0 aromatic heterocycles. The molecule has 4 heteroatoms. The average molecular weight is 264 g/mol. The van der Waals surface area contributed by atoms with Crippen LogP contribution in [0.25, 0.3) is 0 Å². The Labute approximate surface area is 115 Å². The Hall–Kier alpha value is -1.55. The topological polar surface area (TPSA) is 64.3 Å². The summed E-state index contributed by atoms with van der Waals surface area (Å²) in [7, 11) is 0. The van der Waals surface area contributed by atoms with Crippen molar-refractivity contribution >= 4 is 11.8 Å². The number of nitrogens with one attached hydrogen (secondary N) is 1. The highest BCUT2D eigenvalue weighted by Crippen LogP contribution is 2.14. The van der Waals surface area contributed by atoms with E-state index in [0.29, 0.717) is 0 Å². The van der Waals surface area contributed by atoms with Crippen molar-refractivity contribution in [1.29, 1.82) is 0 Å². The van der Waals surface area contributed by atoms with Gasteiger partial charge in [-0.1, -0.05) is 12.1 Å². The van der Waals surface area contributed by atoms with Crippen LogP contribution in [0.5, 0.6) is 0 Å². The number of ether oxygens (including phenoxy) is 1. The van der Waals surface area contributed by atoms with Crippen molar-refractivity contribution in [3.63, 3.8) is 0 Å². The van der Waals surface area contributed by atoms with Gasteiger partial charge in [-0.3, -0.25) is 5.32 Å². The highest BCUT2D eigenvalue weighted by molar-refractivity contribution is 5.84. The van der Waals surface area contributed by atoms with Crippen LogP contribution in [0.15, 0.2) is 24.3 Å². The molecule has 1 rings (SSSR count). The van der Waals surface area contributed by atoms with Crippen molar-refractivity contribution in [2.24, 2.45) is 5.73 Å². The number of rotatable bonds is 4. The van der Waals surface area contributed by atoms with Crippen molar-refractivity contribution in [3.05, 3.63) is 29.8 Å². The Morgan fingerprint density at radius 1 is 1.32 bits per heavy atom. The molecule has 3 N–H and O–H groups in total. The van der Waals surface area contributed by atoms with Gasteiger partial charge in [0, 0.05) is 11.7 Å². The van der Waals surface area contributed by atoms with Gasteiger partial charge in [0.25, 0.3) is 0 Å². The molecule has 0 bridgehead atoms. The number of carbonyl (C=O) groups excluding carboxylic acids is 1. The zero-order valence-electron chi connectivity index (χ0n) is 12.2. The van der Waals surface area contributed by atoms with Crippen LogP contribution >= 0.6 is 0 Å². The summed E-state index contributed by atoms with van der Waals surface area (Å²) in [6.45, 7) is 7.51. The molecule has 19 heavy (non-hydrogen) atoms. The maximum Gasteiger partial charge on any atom is 0.412 e. The minimum Gasteiger partial charge on any atom is -0.444 e. The lowest BCUT2D eigenvalue weighted by Gasteiger charge is -2.19. The SMILES string of the molecule is CC(N)CCc1ccc(NC(=O)OC(C)(C)C)cc1. The lowest BCUT2D eigenvalue weighted by atomic mass is 10.1. The van der Waals surface area contributed by atoms with Gasteiger partial charge in [-0.15, -0.1) is 0 Å². The number of carbonyl (C=O) groups is 1. The third-order valence-electron chi connectivity index (χ3n) is 2.49. The lowest BCUT2D eigenvalue weighted by molar-refractivity contribution is 0.0636. The first-order chi connectivity index (χ1) is 8.76. The molecule has 106 valence electrons. The van der Waals surface area contributed by atoms with Gasteiger partial charge in [-0.05, 0) is 58.2 Å². The van der Waals surface area contributed by atoms with E-state index in [-0.39, 0.29) is 6.04 Å². The van der Waals surface area contributed by atoms with Crippen LogP contribution in [0.2, 0.25) is 0 Å². The first kappa shape index (κ1) is 15.5. The quantitative estimate of drug-likeness (QED) is 0.876. The summed E-state index contributed by atoms with van der Waals surface area (Å²) < 4.78 is 5.18. The molecular formula is C15H24N2O2. The first-order valence-electron chi connectivity index (χ1n) is 6.61. The van der Waals surface area contributed by atoms with Crippen LogP contribution in [0.4, 0.5) is 10.5 Å². The second-order valence-electron chi connectivity index (χ2n) is 5.84. The molecule has 1 atom stereocenters. The molecule has 0 saturated carbocycles. The molecule has 1 aromatic rings. The van der Waals surface area contributed by atoms with Gasteiger partial charge in [0.15, 0.2) is 0 Å². The summed E-state index contributed by atoms with van der Waals surface area (Å²) in [6, 6.07) is 7.95. The van der Waals surface area contributed by atoms with Crippen LogP contribution in [0.1, 0.15) is 39.7 Å². The summed E-state index contributed by atoms with van der Waals surface area (Å²) in [5, 5.41) is 2.70. The maximum atomic E-state index is 11.6. The van der Waals surface area contributed by atoms with Gasteiger partial charge in [0.2, 0.25) is 0 Å². The first-order valence-corrected chi connectivity index (χ1v) is 6.61. The zero-order valence-corrected chi connectivity index (χ0v) is 12.2. The smallest absolute Gasteiger partial charge is 0.412 e. The number of anilines is 1. The second-order valence-corrected chi connectivity index (χ2v) is 5.84. The molecule has 1 unspecified atom stereocenters. The third kappa shape index (κ3) is 6.82. The molecule has 1 amide bonds. The van der Waals surface area contributed by atoms with Crippen LogP contribution in [-0.2, 0) is 11.2 Å². The molecule has 0 aliphatic rings. The van der Waals surface area contributed by atoms with Gasteiger partial charge in [0.1, 0.15) is 5.60 Å². The van der Waals surface area contributed by atoms with Crippen LogP contribution < -0.4 is 11.1 Å². The Balaban J connectivity index is 2.50. The Morgan fingerprint density at radius 3 is 2.37 bits per heavy atom. The minimum atomic E-state index is -0.485. The highest BCUT2D eigenvalue weighted by Gasteiger charge is 2.15. The van der Waals surface area contributed by atoms with E-state index >= 15 is 0 Å². The molecule has 0 aliphatic carbocycles. The summed E-state index contributed by atoms with van der Waals surface area (Å²) in [6.07, 6.45) is 1.47. The summed E-state index contributed by atoms with van der Waals surface area (Å²) in [5.74, 6) is 0. The molecule has 0 heterocycles. The molecule has 0 spiro atoms. The van der Waals surface area contributed by atoms with Crippen molar-refractivity contribution in [2.75, 3.05) is 5.32 Å². The highest BCUT2D eigenvalue weighted by atomic mass is 16.6. The van der Waals surface area contributed by atoms with Crippen molar-refractivity contribution < 1.29 is 9.53 Å². The second kappa shape index (κ2) is 6.57. The van der Waals surface area contributed by atoms with E-state index < -0.39 is 11.7 Å². The van der Waals surface area contributed by atoms with E-state index in [2.05, 4.69) is 5.32 Å². The monoisotopic (exact) mass is 264 g/mol. The lowest BCUT2D eigenvalue weighted by Crippen LogP contribution is -2.27. The van der Waals surface area contributed by atoms with Crippen molar-refractivity contribution in [3.8, 4) is 0 Å². The summed E-state index contributed by atoms with van der Waals surface area (Å²) >= 11 is 0. The normalized spacial score (nSPS) is 12.9. The number of benzene rings is 1. The number of nitrogens with two attached hydrogens (primary N) is 1. The van der Waals surface area contributed by atoms with Crippen LogP contribution in [0, 0.1) is 0 Å². The number of hydrogen-bond acceptors (Lipinski definition) is 3. The molecule has 0 fully saturated rings. The van der Waals surface area contributed by atoms with E-state index in [1.807, 2.05) is 52.0 Å². The average Bonchev–Trinajstić information content (AvgIpc) is 2.25. The Bertz CT molecular complexity index is 405. The minimum absolute atomic E-state index is 0.208. The van der Waals surface area contributed by atoms with Gasteiger partial charge in [-0.2, -0.15) is 0 Å². The third-order valence-corrected chi connectivity index (χ3v) is 2.49. The molecule has 4 nitrogen and oxygen atoms in total. The fraction of sp³-hybridized carbons (Fsp3) is 0.533. The maximum absolute atomic E-state index is 11.6. The van der Waals surface area contributed by atoms with E-state index in [0.717, 1.165) is 18.5 Å². The van der Waals surface area contributed by atoms with E-state index in [1.165, 1.54) is 5.56 Å². The van der Waals surface area contributed by atoms with Gasteiger partial charge in [0.05, 0.1) is 0 Å². The number of hydrogen-bond donors (Lipinski definition) is 2. The zero-order chi connectivity index (χ0) is 14.5. The number of aryl methyl sites for hydroxylation is 1. The van der Waals surface area contributed by atoms with Crippen LogP contribution in [0.3, 0.4) is 0 Å². The van der Waals surface area contributed by atoms with E-state index in [4.69, 9.17) is 10.5 Å². The molecule has 0 radical (unpaired) electrons. The predicted octanol–water partition coefficient (Wildman–Crippen LogP) is 3.31. The Kier molecular flexibility index (Phi) is 5.36. The van der Waals surface area contributed by atoms with Crippen LogP contribution in [-0.4, -0.2) is 17.7 Å². The standard InChI is InChI=1S/C15H24N2O2/c1-11(16)5-6-12-7-9-13(10-8-12)17-14(18)19-15(2,3)4/h7-11H,5-6,16H2,1-4H3,(H,17,18). The van der Waals surface area contributed by atoms with Crippen molar-refractivity contribution in [2.45, 2.75) is 52.2 Å². The van der Waals surface area contributed by atoms with Gasteiger partial charge in [-0.25, -0.2) is 4.79 Å². The molecule has 1 aromatic carbocycles. The fourth-order valence-corrected chi connectivity index (χ4v) is 1.57. The van der Waals surface area contributed by atoms with Crippen molar-refractivity contribution in [1.82, 2.24) is 0 Å². The van der Waals surface area contributed by atoms with E-state index in [1.54, 1.807) is 0 Å². The Morgan fingerprint density at radius 2 is 1.89 bits per heavy atom.